The fraction of sp³-hybridized carbons (Fsp3) is 0.821. The van der Waals surface area contributed by atoms with Gasteiger partial charge in [-0.25, -0.2) is 0 Å². The van der Waals surface area contributed by atoms with Gasteiger partial charge in [-0.1, -0.05) is 109 Å². The molecule has 6 nitrogen and oxygen atoms in total. The van der Waals surface area contributed by atoms with Crippen LogP contribution >= 0.6 is 0 Å². The number of allylic oxidation sites excluding steroid dienone is 4. The molecule has 0 saturated heterocycles. The Bertz CT molecular complexity index is 660. The number of carbonyl (C=O) groups is 1. The maximum Gasteiger partial charge on any atom is 0.266 e. The molecule has 0 heterocycles. The van der Waals surface area contributed by atoms with E-state index in [-0.39, 0.29) is 5.91 Å². The zero-order valence-corrected chi connectivity index (χ0v) is 23.2. The molecule has 0 aliphatic rings. The molecular weight excluding hydrogens is 462 g/mol. The van der Waals surface area contributed by atoms with Crippen LogP contribution in [0, 0.1) is 0 Å². The van der Waals surface area contributed by atoms with Crippen molar-refractivity contribution in [1.29, 1.82) is 0 Å². The van der Waals surface area contributed by atoms with Crippen molar-refractivity contribution in [2.75, 3.05) is 5.75 Å². The van der Waals surface area contributed by atoms with Crippen molar-refractivity contribution in [3.63, 3.8) is 0 Å². The van der Waals surface area contributed by atoms with Crippen molar-refractivity contribution in [3.05, 3.63) is 24.3 Å². The molecule has 7 heteroatoms. The van der Waals surface area contributed by atoms with Crippen LogP contribution in [0.4, 0.5) is 0 Å². The van der Waals surface area contributed by atoms with E-state index >= 15 is 0 Å². The van der Waals surface area contributed by atoms with Gasteiger partial charge < -0.3 is 10.4 Å². The molecule has 0 aliphatic heterocycles. The van der Waals surface area contributed by atoms with Gasteiger partial charge in [-0.2, -0.15) is 8.42 Å². The third kappa shape index (κ3) is 24.3. The number of unbranched alkanes of at least 4 members (excludes halogenated alkanes) is 12. The molecule has 2 atom stereocenters. The summed E-state index contributed by atoms with van der Waals surface area (Å²) in [6.45, 7) is 4.36. The number of hydrogen-bond donors (Lipinski definition) is 3. The average Bonchev–Trinajstić information content (AvgIpc) is 2.80. The van der Waals surface area contributed by atoms with Crippen molar-refractivity contribution in [1.82, 2.24) is 5.32 Å². The third-order valence-electron chi connectivity index (χ3n) is 6.16. The molecule has 0 bridgehead atoms. The predicted molar refractivity (Wildman–Crippen MR) is 147 cm³/mol. The van der Waals surface area contributed by atoms with Crippen molar-refractivity contribution >= 4 is 16.0 Å². The summed E-state index contributed by atoms with van der Waals surface area (Å²) in [5.74, 6) is -0.923. The minimum absolute atomic E-state index is 0.268. The highest BCUT2D eigenvalue weighted by Crippen LogP contribution is 2.13. The minimum Gasteiger partial charge on any atom is -0.391 e. The lowest BCUT2D eigenvalue weighted by Gasteiger charge is -2.23. The molecule has 0 aromatic rings. The van der Waals surface area contributed by atoms with Crippen LogP contribution in [0.2, 0.25) is 0 Å². The Morgan fingerprint density at radius 3 is 1.94 bits per heavy atom. The second-order valence-corrected chi connectivity index (χ2v) is 11.2. The Labute approximate surface area is 215 Å². The summed E-state index contributed by atoms with van der Waals surface area (Å²) in [7, 11) is -4.29. The summed E-state index contributed by atoms with van der Waals surface area (Å²) in [6, 6.07) is -0.971. The van der Waals surface area contributed by atoms with Gasteiger partial charge in [-0.3, -0.25) is 9.35 Å². The first kappa shape index (κ1) is 33.8. The fourth-order valence-electron chi connectivity index (χ4n) is 4.00. The number of carbonyl (C=O) groups excluding carboxylic acids is 1. The van der Waals surface area contributed by atoms with Gasteiger partial charge in [0.05, 0.1) is 17.9 Å². The molecule has 0 spiro atoms. The Kier molecular flexibility index (Phi) is 22.4. The molecule has 2 unspecified atom stereocenters. The number of aliphatic hydroxyl groups excluding tert-OH is 1. The standard InChI is InChI=1S/C28H53NO5S/c1-3-5-7-9-11-12-13-14-15-16-17-18-20-22-24-28(31)29-26(25-35(32,33)34)27(30)23-21-19-10-8-6-4-2/h9,11,13-14,26-27,30H,3-8,10,12,15-25H2,1-2H3,(H,29,31)(H,32,33,34)/b11-9-,14-13-. The van der Waals surface area contributed by atoms with Crippen molar-refractivity contribution in [3.8, 4) is 0 Å². The average molecular weight is 516 g/mol. The number of rotatable bonds is 24. The lowest BCUT2D eigenvalue weighted by Crippen LogP contribution is -2.47. The van der Waals surface area contributed by atoms with E-state index in [0.717, 1.165) is 70.6 Å². The fourth-order valence-corrected chi connectivity index (χ4v) is 4.76. The van der Waals surface area contributed by atoms with Crippen LogP contribution < -0.4 is 5.32 Å². The second kappa shape index (κ2) is 23.2. The summed E-state index contributed by atoms with van der Waals surface area (Å²) in [4.78, 5) is 12.3. The van der Waals surface area contributed by atoms with E-state index in [2.05, 4.69) is 43.5 Å². The van der Waals surface area contributed by atoms with Gasteiger partial charge in [0.1, 0.15) is 0 Å². The maximum atomic E-state index is 12.3. The highest BCUT2D eigenvalue weighted by molar-refractivity contribution is 7.85. The zero-order chi connectivity index (χ0) is 26.2. The van der Waals surface area contributed by atoms with Crippen molar-refractivity contribution < 1.29 is 22.9 Å². The van der Waals surface area contributed by atoms with Crippen LogP contribution in [-0.4, -0.2) is 41.9 Å². The first-order chi connectivity index (χ1) is 16.8. The first-order valence-corrected chi connectivity index (χ1v) is 15.6. The highest BCUT2D eigenvalue weighted by Gasteiger charge is 2.25. The van der Waals surface area contributed by atoms with E-state index in [1.807, 2.05) is 0 Å². The van der Waals surface area contributed by atoms with E-state index < -0.39 is 28.0 Å². The summed E-state index contributed by atoms with van der Waals surface area (Å²) < 4.78 is 31.9. The van der Waals surface area contributed by atoms with Gasteiger partial charge in [0.25, 0.3) is 10.1 Å². The zero-order valence-electron chi connectivity index (χ0n) is 22.4. The van der Waals surface area contributed by atoms with Crippen LogP contribution in [0.25, 0.3) is 0 Å². The second-order valence-electron chi connectivity index (χ2n) is 9.67. The Hall–Kier alpha value is -1.18. The Balaban J connectivity index is 4.03. The first-order valence-electron chi connectivity index (χ1n) is 14.0. The summed E-state index contributed by atoms with van der Waals surface area (Å²) in [6.07, 6.45) is 25.8. The molecule has 206 valence electrons. The van der Waals surface area contributed by atoms with E-state index in [1.54, 1.807) is 0 Å². The minimum atomic E-state index is -4.29. The SMILES string of the molecule is CCCC/C=C\C/C=C\CCCCCCCC(=O)NC(CS(=O)(=O)O)C(O)CCCCCCCC. The van der Waals surface area contributed by atoms with Crippen LogP contribution in [0.15, 0.2) is 24.3 Å². The van der Waals surface area contributed by atoms with Crippen LogP contribution in [0.1, 0.15) is 129 Å². The molecule has 1 amide bonds. The summed E-state index contributed by atoms with van der Waals surface area (Å²) in [5.41, 5.74) is 0. The van der Waals surface area contributed by atoms with Gasteiger partial charge in [-0.05, 0) is 38.5 Å². The molecule has 0 aromatic carbocycles. The number of amides is 1. The lowest BCUT2D eigenvalue weighted by molar-refractivity contribution is -0.122. The van der Waals surface area contributed by atoms with Gasteiger partial charge in [-0.15, -0.1) is 0 Å². The summed E-state index contributed by atoms with van der Waals surface area (Å²) >= 11 is 0. The van der Waals surface area contributed by atoms with Crippen LogP contribution in [-0.2, 0) is 14.9 Å². The monoisotopic (exact) mass is 515 g/mol. The molecule has 0 radical (unpaired) electrons. The van der Waals surface area contributed by atoms with E-state index in [0.29, 0.717) is 12.8 Å². The van der Waals surface area contributed by atoms with Gasteiger partial charge in [0, 0.05) is 6.42 Å². The predicted octanol–water partition coefficient (Wildman–Crippen LogP) is 6.89. The van der Waals surface area contributed by atoms with Crippen molar-refractivity contribution in [2.45, 2.75) is 142 Å². The molecular formula is C28H53NO5S. The Morgan fingerprint density at radius 1 is 0.771 bits per heavy atom. The molecule has 0 saturated carbocycles. The Morgan fingerprint density at radius 2 is 1.31 bits per heavy atom. The summed E-state index contributed by atoms with van der Waals surface area (Å²) in [5, 5.41) is 13.1. The van der Waals surface area contributed by atoms with Gasteiger partial charge in [0.2, 0.25) is 5.91 Å². The third-order valence-corrected chi connectivity index (χ3v) is 6.94. The molecule has 0 rings (SSSR count). The maximum absolute atomic E-state index is 12.3. The molecule has 0 aliphatic carbocycles. The van der Waals surface area contributed by atoms with E-state index in [1.165, 1.54) is 32.1 Å². The van der Waals surface area contributed by atoms with Crippen molar-refractivity contribution in [2.24, 2.45) is 0 Å². The normalized spacial score (nSPS) is 14.1. The quantitative estimate of drug-likeness (QED) is 0.0737. The molecule has 0 aromatic heterocycles. The molecule has 3 N–H and O–H groups in total. The highest BCUT2D eigenvalue weighted by atomic mass is 32.2. The van der Waals surface area contributed by atoms with E-state index in [4.69, 9.17) is 0 Å². The van der Waals surface area contributed by atoms with Gasteiger partial charge in [0.15, 0.2) is 0 Å². The van der Waals surface area contributed by atoms with Gasteiger partial charge >= 0.3 is 0 Å². The topological polar surface area (TPSA) is 104 Å². The molecule has 0 fully saturated rings. The lowest BCUT2D eigenvalue weighted by atomic mass is 10.0. The number of hydrogen-bond acceptors (Lipinski definition) is 4. The number of nitrogens with one attached hydrogen (secondary N) is 1. The van der Waals surface area contributed by atoms with Crippen LogP contribution in [0.5, 0.6) is 0 Å². The van der Waals surface area contributed by atoms with Crippen LogP contribution in [0.3, 0.4) is 0 Å². The largest absolute Gasteiger partial charge is 0.391 e. The van der Waals surface area contributed by atoms with E-state index in [9.17, 15) is 22.9 Å². The molecule has 35 heavy (non-hydrogen) atoms. The number of aliphatic hydroxyl groups is 1. The smallest absolute Gasteiger partial charge is 0.266 e.